The van der Waals surface area contributed by atoms with Crippen LogP contribution in [0.4, 0.5) is 4.39 Å². The zero-order valence-electron chi connectivity index (χ0n) is 12.3. The summed E-state index contributed by atoms with van der Waals surface area (Å²) in [6.45, 7) is 0.934. The number of nitrogens with one attached hydrogen (secondary N) is 1. The van der Waals surface area contributed by atoms with Gasteiger partial charge in [0, 0.05) is 17.5 Å². The topological polar surface area (TPSA) is 58.2 Å². The van der Waals surface area contributed by atoms with Gasteiger partial charge in [-0.15, -0.1) is 0 Å². The van der Waals surface area contributed by atoms with Gasteiger partial charge < -0.3 is 9.64 Å². The van der Waals surface area contributed by atoms with Crippen LogP contribution in [0.25, 0.3) is 10.9 Å². The molecule has 0 aliphatic carbocycles. The summed E-state index contributed by atoms with van der Waals surface area (Å²) in [4.78, 5) is 14.4. The standard InChI is InChI=1S/C17H14FN3O2/c18-13-6-3-4-11-10-21(8-9-23-16(11)13)17(22)15-12-5-1-2-7-14(12)19-20-15/h1-7H,8-10H2,(H,19,20). The van der Waals surface area contributed by atoms with Crippen molar-refractivity contribution in [2.45, 2.75) is 6.54 Å². The normalized spacial score (nSPS) is 14.2. The summed E-state index contributed by atoms with van der Waals surface area (Å²) >= 11 is 0. The number of ether oxygens (including phenoxy) is 1. The van der Waals surface area contributed by atoms with E-state index in [9.17, 15) is 9.18 Å². The van der Waals surface area contributed by atoms with Crippen LogP contribution in [-0.4, -0.2) is 34.2 Å². The van der Waals surface area contributed by atoms with Crippen LogP contribution >= 0.6 is 0 Å². The van der Waals surface area contributed by atoms with Crippen molar-refractivity contribution in [2.75, 3.05) is 13.2 Å². The molecule has 2 heterocycles. The third-order valence-corrected chi connectivity index (χ3v) is 3.98. The molecule has 0 saturated carbocycles. The van der Waals surface area contributed by atoms with Crippen molar-refractivity contribution in [3.63, 3.8) is 0 Å². The molecule has 0 atom stereocenters. The lowest BCUT2D eigenvalue weighted by Gasteiger charge is -2.18. The zero-order valence-corrected chi connectivity index (χ0v) is 12.3. The van der Waals surface area contributed by atoms with E-state index in [1.165, 1.54) is 6.07 Å². The molecule has 5 nitrogen and oxygen atoms in total. The fourth-order valence-corrected chi connectivity index (χ4v) is 2.83. The number of H-pyrrole nitrogens is 1. The van der Waals surface area contributed by atoms with Gasteiger partial charge in [-0.25, -0.2) is 4.39 Å². The van der Waals surface area contributed by atoms with Gasteiger partial charge in [0.15, 0.2) is 17.3 Å². The molecule has 0 saturated heterocycles. The lowest BCUT2D eigenvalue weighted by atomic mass is 10.1. The van der Waals surface area contributed by atoms with Crippen LogP contribution < -0.4 is 4.74 Å². The van der Waals surface area contributed by atoms with Crippen LogP contribution in [0.5, 0.6) is 5.75 Å². The highest BCUT2D eigenvalue weighted by molar-refractivity contribution is 6.04. The van der Waals surface area contributed by atoms with Crippen molar-refractivity contribution in [1.29, 1.82) is 0 Å². The monoisotopic (exact) mass is 311 g/mol. The highest BCUT2D eigenvalue weighted by Gasteiger charge is 2.25. The molecule has 1 N–H and O–H groups in total. The number of aromatic amines is 1. The number of benzene rings is 2. The highest BCUT2D eigenvalue weighted by atomic mass is 19.1. The molecule has 1 aliphatic rings. The molecule has 0 radical (unpaired) electrons. The summed E-state index contributed by atoms with van der Waals surface area (Å²) in [5, 5.41) is 7.79. The van der Waals surface area contributed by atoms with E-state index in [4.69, 9.17) is 4.74 Å². The van der Waals surface area contributed by atoms with E-state index >= 15 is 0 Å². The second kappa shape index (κ2) is 5.39. The number of hydrogen-bond acceptors (Lipinski definition) is 3. The van der Waals surface area contributed by atoms with E-state index in [1.54, 1.807) is 17.0 Å². The van der Waals surface area contributed by atoms with Gasteiger partial charge in [-0.1, -0.05) is 30.3 Å². The summed E-state index contributed by atoms with van der Waals surface area (Å²) < 4.78 is 19.3. The van der Waals surface area contributed by atoms with Crippen LogP contribution in [0.2, 0.25) is 0 Å². The van der Waals surface area contributed by atoms with Crippen molar-refractivity contribution < 1.29 is 13.9 Å². The molecule has 23 heavy (non-hydrogen) atoms. The van der Waals surface area contributed by atoms with E-state index < -0.39 is 5.82 Å². The number of carbonyl (C=O) groups is 1. The van der Waals surface area contributed by atoms with Crippen LogP contribution in [-0.2, 0) is 6.54 Å². The lowest BCUT2D eigenvalue weighted by molar-refractivity contribution is 0.0729. The molecule has 2 aromatic carbocycles. The minimum atomic E-state index is -0.401. The van der Waals surface area contributed by atoms with Gasteiger partial charge in [0.05, 0.1) is 12.1 Å². The molecule has 0 fully saturated rings. The van der Waals surface area contributed by atoms with Gasteiger partial charge in [0.25, 0.3) is 5.91 Å². The van der Waals surface area contributed by atoms with E-state index in [0.717, 1.165) is 10.9 Å². The number of nitrogens with zero attached hydrogens (tertiary/aromatic N) is 2. The number of hydrogen-bond donors (Lipinski definition) is 1. The number of carbonyl (C=O) groups excluding carboxylic acids is 1. The smallest absolute Gasteiger partial charge is 0.275 e. The Hall–Kier alpha value is -2.89. The maximum Gasteiger partial charge on any atom is 0.275 e. The largest absolute Gasteiger partial charge is 0.488 e. The minimum Gasteiger partial charge on any atom is -0.488 e. The molecule has 0 spiro atoms. The Morgan fingerprint density at radius 3 is 3.00 bits per heavy atom. The van der Waals surface area contributed by atoms with Crippen molar-refractivity contribution >= 4 is 16.8 Å². The average molecular weight is 311 g/mol. The van der Waals surface area contributed by atoms with Crippen LogP contribution in [0, 0.1) is 5.82 Å². The Labute approximate surface area is 131 Å². The van der Waals surface area contributed by atoms with E-state index in [1.807, 2.05) is 24.3 Å². The second-order valence-electron chi connectivity index (χ2n) is 5.42. The van der Waals surface area contributed by atoms with Crippen molar-refractivity contribution in [2.24, 2.45) is 0 Å². The molecule has 1 aromatic heterocycles. The molecule has 1 amide bonds. The number of fused-ring (bicyclic) bond motifs is 2. The third-order valence-electron chi connectivity index (χ3n) is 3.98. The Morgan fingerprint density at radius 2 is 2.09 bits per heavy atom. The molecule has 3 aromatic rings. The zero-order chi connectivity index (χ0) is 15.8. The fourth-order valence-electron chi connectivity index (χ4n) is 2.83. The Bertz CT molecular complexity index is 890. The Morgan fingerprint density at radius 1 is 1.22 bits per heavy atom. The van der Waals surface area contributed by atoms with E-state index in [2.05, 4.69) is 10.2 Å². The van der Waals surface area contributed by atoms with Gasteiger partial charge in [0.1, 0.15) is 6.61 Å². The first-order valence-electron chi connectivity index (χ1n) is 7.36. The van der Waals surface area contributed by atoms with Gasteiger partial charge >= 0.3 is 0 Å². The summed E-state index contributed by atoms with van der Waals surface area (Å²) in [6.07, 6.45) is 0. The van der Waals surface area contributed by atoms with E-state index in [0.29, 0.717) is 24.3 Å². The summed E-state index contributed by atoms with van der Waals surface area (Å²) in [6, 6.07) is 12.2. The summed E-state index contributed by atoms with van der Waals surface area (Å²) in [5.74, 6) is -0.361. The number of rotatable bonds is 1. The number of aromatic nitrogens is 2. The average Bonchev–Trinajstić information content (AvgIpc) is 2.86. The molecular weight excluding hydrogens is 297 g/mol. The molecule has 6 heteroatoms. The molecular formula is C17H14FN3O2. The minimum absolute atomic E-state index is 0.192. The number of halogens is 1. The lowest BCUT2D eigenvalue weighted by Crippen LogP contribution is -2.32. The van der Waals surface area contributed by atoms with Gasteiger partial charge in [0.2, 0.25) is 0 Å². The molecule has 116 valence electrons. The van der Waals surface area contributed by atoms with Crippen LogP contribution in [0.3, 0.4) is 0 Å². The SMILES string of the molecule is O=C(c1n[nH]c2ccccc12)N1CCOc2c(F)cccc2C1. The van der Waals surface area contributed by atoms with Crippen LogP contribution in [0.15, 0.2) is 42.5 Å². The Kier molecular flexibility index (Phi) is 3.22. The van der Waals surface area contributed by atoms with Crippen molar-refractivity contribution in [3.8, 4) is 5.75 Å². The van der Waals surface area contributed by atoms with E-state index in [-0.39, 0.29) is 18.3 Å². The molecule has 0 unspecified atom stereocenters. The summed E-state index contributed by atoms with van der Waals surface area (Å²) in [7, 11) is 0. The number of para-hydroxylation sites is 2. The number of amides is 1. The highest BCUT2D eigenvalue weighted by Crippen LogP contribution is 2.27. The van der Waals surface area contributed by atoms with Crippen LogP contribution in [0.1, 0.15) is 16.1 Å². The maximum atomic E-state index is 13.8. The first-order valence-corrected chi connectivity index (χ1v) is 7.36. The van der Waals surface area contributed by atoms with Gasteiger partial charge in [-0.3, -0.25) is 9.89 Å². The first kappa shape index (κ1) is 13.8. The quantitative estimate of drug-likeness (QED) is 0.752. The predicted octanol–water partition coefficient (Wildman–Crippen LogP) is 2.74. The fraction of sp³-hybridized carbons (Fsp3) is 0.176. The molecule has 1 aliphatic heterocycles. The van der Waals surface area contributed by atoms with Gasteiger partial charge in [-0.05, 0) is 12.1 Å². The van der Waals surface area contributed by atoms with Gasteiger partial charge in [-0.2, -0.15) is 5.10 Å². The summed E-state index contributed by atoms with van der Waals surface area (Å²) in [5.41, 5.74) is 1.85. The predicted molar refractivity (Wildman–Crippen MR) is 82.7 cm³/mol. The second-order valence-corrected chi connectivity index (χ2v) is 5.42. The molecule has 4 rings (SSSR count). The third kappa shape index (κ3) is 2.32. The first-order chi connectivity index (χ1) is 11.2. The van der Waals surface area contributed by atoms with Crippen molar-refractivity contribution in [1.82, 2.24) is 15.1 Å². The van der Waals surface area contributed by atoms with Crippen molar-refractivity contribution in [3.05, 3.63) is 59.5 Å². The Balaban J connectivity index is 1.69. The molecule has 0 bridgehead atoms. The maximum absolute atomic E-state index is 13.8.